The van der Waals surface area contributed by atoms with Crippen molar-refractivity contribution in [2.45, 2.75) is 91.3 Å². The van der Waals surface area contributed by atoms with E-state index in [0.717, 1.165) is 84.0 Å². The largest absolute Gasteiger partial charge is 0.444 e. The number of pyridine rings is 2. The van der Waals surface area contributed by atoms with Gasteiger partial charge in [-0.05, 0) is 142 Å². The minimum atomic E-state index is -0.436. The molecule has 0 saturated carbocycles. The molecule has 0 aliphatic carbocycles. The van der Waals surface area contributed by atoms with Crippen LogP contribution in [0.3, 0.4) is 0 Å². The van der Waals surface area contributed by atoms with Crippen molar-refractivity contribution in [2.24, 2.45) is 23.5 Å². The van der Waals surface area contributed by atoms with Gasteiger partial charge in [-0.2, -0.15) is 0 Å². The van der Waals surface area contributed by atoms with Gasteiger partial charge in [0.2, 0.25) is 0 Å². The first kappa shape index (κ1) is 47.0. The summed E-state index contributed by atoms with van der Waals surface area (Å²) in [6, 6.07) is 8.23. The number of nitrogens with one attached hydrogen (secondary N) is 3. The molecule has 5 heterocycles. The van der Waals surface area contributed by atoms with Gasteiger partial charge in [-0.1, -0.05) is 0 Å². The van der Waals surface area contributed by atoms with Crippen molar-refractivity contribution in [1.29, 1.82) is 0 Å². The average Bonchev–Trinajstić information content (AvgIpc) is 3.10. The van der Waals surface area contributed by atoms with Crippen molar-refractivity contribution in [3.8, 4) is 0 Å². The van der Waals surface area contributed by atoms with Crippen LogP contribution in [-0.2, 0) is 9.47 Å². The van der Waals surface area contributed by atoms with E-state index >= 15 is 0 Å². The highest BCUT2D eigenvalue weighted by atomic mass is 35.5. The van der Waals surface area contributed by atoms with Crippen molar-refractivity contribution in [1.82, 2.24) is 25.9 Å². The molecule has 0 radical (unpaired) electrons. The number of aromatic nitrogens is 2. The van der Waals surface area contributed by atoms with Gasteiger partial charge in [-0.15, -0.1) is 24.8 Å². The Morgan fingerprint density at radius 3 is 1.37 bits per heavy atom. The maximum atomic E-state index is 11.6. The number of ether oxygens (including phenoxy) is 2. The van der Waals surface area contributed by atoms with Crippen molar-refractivity contribution in [3.05, 3.63) is 49.1 Å². The molecule has 2 amide bonds. The summed E-state index contributed by atoms with van der Waals surface area (Å²) in [4.78, 5) is 35.8. The van der Waals surface area contributed by atoms with E-state index in [1.807, 2.05) is 78.5 Å². The monoisotopic (exact) mass is 768 g/mol. The number of carbonyl (C=O) groups is 2. The highest BCUT2D eigenvalue weighted by molar-refractivity contribution is 5.85. The standard InChI is InChI=1S/C16H25N3O2.C11H17N3.C11H22N2O2.2ClH/c1-16(2,3)21-15(20)18-12-13-6-10-19(11-7-13)14-4-8-17-9-5-14;12-9-10-3-7-14(8-4-10)11-1-5-13-6-2-11;1-11(2,3)15-10(14)13-8-9-4-6-12-7-5-9;;/h4-5,8-9,13H,6-7,10-12H2,1-3H3,(H,18,20);1-2,5-6,10H,3-4,7-9,12H2;9,12H,4-8H2,1-3H3,(H,13,14);2*1H. The van der Waals surface area contributed by atoms with E-state index in [1.54, 1.807) is 0 Å². The van der Waals surface area contributed by atoms with Crippen LogP contribution < -0.4 is 31.5 Å². The second-order valence-electron chi connectivity index (χ2n) is 15.5. The Kier molecular flexibility index (Phi) is 21.9. The average molecular weight is 770 g/mol. The molecule has 5 N–H and O–H groups in total. The number of alkyl carbamates (subject to hydrolysis) is 2. The number of nitrogens with zero attached hydrogens (tertiary/aromatic N) is 4. The van der Waals surface area contributed by atoms with Crippen LogP contribution >= 0.6 is 24.8 Å². The SMILES string of the molecule is CC(C)(C)OC(=O)NCC1CCN(c2ccncc2)CC1.CC(C)(C)OC(=O)NCC1CCNCC1.Cl.Cl.NCC1CCN(c2ccncc2)CC1. The summed E-state index contributed by atoms with van der Waals surface area (Å²) in [5.41, 5.74) is 7.33. The van der Waals surface area contributed by atoms with Crippen molar-refractivity contribution in [3.63, 3.8) is 0 Å². The van der Waals surface area contributed by atoms with E-state index in [-0.39, 0.29) is 37.0 Å². The van der Waals surface area contributed by atoms with Crippen molar-refractivity contribution >= 4 is 48.4 Å². The topological polar surface area (TPSA) is 147 Å². The van der Waals surface area contributed by atoms with Gasteiger partial charge in [-0.25, -0.2) is 9.59 Å². The maximum Gasteiger partial charge on any atom is 0.407 e. The first-order chi connectivity index (χ1) is 23.8. The number of piperidine rings is 3. The van der Waals surface area contributed by atoms with Gasteiger partial charge in [0, 0.05) is 75.4 Å². The summed E-state index contributed by atoms with van der Waals surface area (Å²) >= 11 is 0. The smallest absolute Gasteiger partial charge is 0.407 e. The van der Waals surface area contributed by atoms with E-state index in [4.69, 9.17) is 15.2 Å². The van der Waals surface area contributed by atoms with Crippen LogP contribution in [0.2, 0.25) is 0 Å². The summed E-state index contributed by atoms with van der Waals surface area (Å²) in [6.07, 6.45) is 13.6. The molecular formula is C38H66Cl2N8O4. The lowest BCUT2D eigenvalue weighted by Gasteiger charge is -2.33. The Hall–Kier alpha value is -3.06. The fourth-order valence-corrected chi connectivity index (χ4v) is 6.10. The fourth-order valence-electron chi connectivity index (χ4n) is 6.10. The number of halogens is 2. The Morgan fingerprint density at radius 1 is 0.673 bits per heavy atom. The number of nitrogens with two attached hydrogens (primary N) is 1. The second-order valence-corrected chi connectivity index (χ2v) is 15.5. The van der Waals surface area contributed by atoms with E-state index in [2.05, 4.69) is 47.9 Å². The minimum absolute atomic E-state index is 0. The van der Waals surface area contributed by atoms with Gasteiger partial charge in [0.05, 0.1) is 0 Å². The van der Waals surface area contributed by atoms with Crippen LogP contribution in [0.25, 0.3) is 0 Å². The molecule has 0 spiro atoms. The third kappa shape index (κ3) is 19.7. The molecule has 14 heteroatoms. The zero-order valence-corrected chi connectivity index (χ0v) is 33.9. The lowest BCUT2D eigenvalue weighted by Crippen LogP contribution is -2.40. The Balaban J connectivity index is 0.000000393. The Bertz CT molecular complexity index is 1230. The van der Waals surface area contributed by atoms with Gasteiger partial charge in [0.25, 0.3) is 0 Å². The molecule has 5 rings (SSSR count). The third-order valence-corrected chi connectivity index (χ3v) is 8.94. The van der Waals surface area contributed by atoms with Crippen LogP contribution in [0.1, 0.15) is 80.1 Å². The molecule has 3 fully saturated rings. The Morgan fingerprint density at radius 2 is 1.02 bits per heavy atom. The van der Waals surface area contributed by atoms with Crippen LogP contribution in [0.15, 0.2) is 49.1 Å². The lowest BCUT2D eigenvalue weighted by molar-refractivity contribution is 0.0505. The van der Waals surface area contributed by atoms with Gasteiger partial charge in [-0.3, -0.25) is 9.97 Å². The molecule has 52 heavy (non-hydrogen) atoms. The van der Waals surface area contributed by atoms with E-state index in [9.17, 15) is 9.59 Å². The van der Waals surface area contributed by atoms with Crippen molar-refractivity contribution < 1.29 is 19.1 Å². The molecule has 2 aromatic heterocycles. The van der Waals surface area contributed by atoms with Gasteiger partial charge in [0.1, 0.15) is 11.2 Å². The van der Waals surface area contributed by atoms with Gasteiger partial charge >= 0.3 is 12.2 Å². The number of rotatable bonds is 7. The molecule has 2 aromatic rings. The molecule has 3 aliphatic heterocycles. The molecule has 296 valence electrons. The van der Waals surface area contributed by atoms with E-state index in [1.165, 1.54) is 24.2 Å². The van der Waals surface area contributed by atoms with Gasteiger partial charge < -0.3 is 41.0 Å². The number of carbonyl (C=O) groups excluding carboxylic acids is 2. The lowest BCUT2D eigenvalue weighted by atomic mass is 9.96. The Labute approximate surface area is 325 Å². The van der Waals surface area contributed by atoms with E-state index in [0.29, 0.717) is 18.4 Å². The first-order valence-electron chi connectivity index (χ1n) is 18.5. The molecular weight excluding hydrogens is 703 g/mol. The summed E-state index contributed by atoms with van der Waals surface area (Å²) in [5.74, 6) is 1.85. The summed E-state index contributed by atoms with van der Waals surface area (Å²) in [6.45, 7) is 19.9. The highest BCUT2D eigenvalue weighted by Gasteiger charge is 2.22. The number of amides is 2. The number of hydrogen-bond donors (Lipinski definition) is 4. The third-order valence-electron chi connectivity index (χ3n) is 8.94. The number of anilines is 2. The highest BCUT2D eigenvalue weighted by Crippen LogP contribution is 2.23. The quantitative estimate of drug-likeness (QED) is 0.249. The molecule has 0 unspecified atom stereocenters. The molecule has 0 bridgehead atoms. The molecule has 0 atom stereocenters. The predicted molar refractivity (Wildman–Crippen MR) is 216 cm³/mol. The minimum Gasteiger partial charge on any atom is -0.444 e. The van der Waals surface area contributed by atoms with Crippen LogP contribution in [0.4, 0.5) is 21.0 Å². The summed E-state index contributed by atoms with van der Waals surface area (Å²) in [7, 11) is 0. The zero-order chi connectivity index (χ0) is 36.4. The van der Waals surface area contributed by atoms with Crippen molar-refractivity contribution in [2.75, 3.05) is 68.7 Å². The molecule has 3 saturated heterocycles. The molecule has 3 aliphatic rings. The normalized spacial score (nSPS) is 17.1. The summed E-state index contributed by atoms with van der Waals surface area (Å²) in [5, 5.41) is 8.99. The fraction of sp³-hybridized carbons (Fsp3) is 0.684. The maximum absolute atomic E-state index is 11.6. The van der Waals surface area contributed by atoms with Gasteiger partial charge in [0.15, 0.2) is 0 Å². The summed E-state index contributed by atoms with van der Waals surface area (Å²) < 4.78 is 10.4. The van der Waals surface area contributed by atoms with Crippen LogP contribution in [0, 0.1) is 17.8 Å². The number of hydrogen-bond acceptors (Lipinski definition) is 10. The van der Waals surface area contributed by atoms with E-state index < -0.39 is 11.2 Å². The van der Waals surface area contributed by atoms with Crippen LogP contribution in [0.5, 0.6) is 0 Å². The zero-order valence-electron chi connectivity index (χ0n) is 32.3. The molecule has 12 nitrogen and oxygen atoms in total. The van der Waals surface area contributed by atoms with Crippen LogP contribution in [-0.4, -0.2) is 92.3 Å². The predicted octanol–water partition coefficient (Wildman–Crippen LogP) is 6.43. The first-order valence-corrected chi connectivity index (χ1v) is 18.5. The second kappa shape index (κ2) is 24.3. The molecule has 0 aromatic carbocycles.